The molecule has 0 aliphatic carbocycles. The molecule has 3 aromatic heterocycles. The van der Waals surface area contributed by atoms with Crippen molar-refractivity contribution in [1.82, 2.24) is 19.5 Å². The van der Waals surface area contributed by atoms with Crippen LogP contribution in [-0.4, -0.2) is 37.7 Å². The molecular formula is C20H20N4O2S. The summed E-state index contributed by atoms with van der Waals surface area (Å²) in [7, 11) is 0. The first-order chi connectivity index (χ1) is 13.3. The summed E-state index contributed by atoms with van der Waals surface area (Å²) in [4.78, 5) is 8.58. The fourth-order valence-electron chi connectivity index (χ4n) is 3.78. The number of benzene rings is 1. The molecule has 1 aromatic carbocycles. The molecule has 27 heavy (non-hydrogen) atoms. The largest absolute Gasteiger partial charge is 0.492 e. The summed E-state index contributed by atoms with van der Waals surface area (Å²) in [6, 6.07) is 14.0. The standard InChI is InChI=1S/C20H20N4O2S/c25-19-17(27-20-21-18(22-24(19)20)15-10-7-13-26-15)16(14-8-3-1-4-9-14)23-11-5-2-6-12-23/h1,3-4,7-10,13,16,25H,2,5-6,11-12H2. The Balaban J connectivity index is 1.59. The maximum Gasteiger partial charge on any atom is 0.230 e. The van der Waals surface area contributed by atoms with E-state index in [1.807, 2.05) is 12.1 Å². The number of piperidine rings is 1. The van der Waals surface area contributed by atoms with Crippen LogP contribution < -0.4 is 0 Å². The van der Waals surface area contributed by atoms with E-state index in [9.17, 15) is 5.11 Å². The third-order valence-electron chi connectivity index (χ3n) is 5.06. The molecule has 1 aliphatic heterocycles. The summed E-state index contributed by atoms with van der Waals surface area (Å²) in [5.74, 6) is 1.25. The molecule has 0 radical (unpaired) electrons. The van der Waals surface area contributed by atoms with Gasteiger partial charge in [-0.05, 0) is 43.6 Å². The lowest BCUT2D eigenvalue weighted by atomic mass is 10.0. The summed E-state index contributed by atoms with van der Waals surface area (Å²) < 4.78 is 6.90. The average Bonchev–Trinajstić information content (AvgIpc) is 3.43. The highest BCUT2D eigenvalue weighted by Gasteiger charge is 2.30. The first-order valence-corrected chi connectivity index (χ1v) is 10.0. The smallest absolute Gasteiger partial charge is 0.230 e. The number of rotatable bonds is 4. The Labute approximate surface area is 160 Å². The van der Waals surface area contributed by atoms with Crippen LogP contribution in [0.3, 0.4) is 0 Å². The van der Waals surface area contributed by atoms with E-state index in [4.69, 9.17) is 4.42 Å². The topological polar surface area (TPSA) is 66.8 Å². The quantitative estimate of drug-likeness (QED) is 0.571. The van der Waals surface area contributed by atoms with Crippen LogP contribution in [0, 0.1) is 0 Å². The number of furan rings is 1. The maximum atomic E-state index is 11.0. The van der Waals surface area contributed by atoms with Gasteiger partial charge in [0.15, 0.2) is 5.76 Å². The molecule has 1 unspecified atom stereocenters. The van der Waals surface area contributed by atoms with Crippen LogP contribution in [0.2, 0.25) is 0 Å². The van der Waals surface area contributed by atoms with Crippen LogP contribution in [0.5, 0.6) is 5.88 Å². The van der Waals surface area contributed by atoms with Gasteiger partial charge in [-0.1, -0.05) is 48.1 Å². The second kappa shape index (κ2) is 6.83. The highest BCUT2D eigenvalue weighted by molar-refractivity contribution is 7.17. The van der Waals surface area contributed by atoms with Gasteiger partial charge in [0.25, 0.3) is 0 Å². The van der Waals surface area contributed by atoms with Crippen molar-refractivity contribution in [1.29, 1.82) is 0 Å². The fourth-order valence-corrected chi connectivity index (χ4v) is 4.90. The van der Waals surface area contributed by atoms with Gasteiger partial charge in [0, 0.05) is 0 Å². The van der Waals surface area contributed by atoms with Gasteiger partial charge in [-0.25, -0.2) is 0 Å². The van der Waals surface area contributed by atoms with Gasteiger partial charge in [0.2, 0.25) is 16.7 Å². The summed E-state index contributed by atoms with van der Waals surface area (Å²) in [6.07, 6.45) is 5.24. The molecule has 0 spiro atoms. The van der Waals surface area contributed by atoms with Gasteiger partial charge in [0.1, 0.15) is 0 Å². The number of nitrogens with zero attached hydrogens (tertiary/aromatic N) is 4. The van der Waals surface area contributed by atoms with E-state index >= 15 is 0 Å². The minimum atomic E-state index is 0.0204. The number of hydrogen-bond acceptors (Lipinski definition) is 6. The molecule has 1 atom stereocenters. The lowest BCUT2D eigenvalue weighted by Gasteiger charge is -2.34. The highest BCUT2D eigenvalue weighted by Crippen LogP contribution is 2.41. The van der Waals surface area contributed by atoms with Gasteiger partial charge in [-0.3, -0.25) is 4.90 Å². The van der Waals surface area contributed by atoms with Crippen LogP contribution in [0.15, 0.2) is 53.1 Å². The Morgan fingerprint density at radius 2 is 1.85 bits per heavy atom. The van der Waals surface area contributed by atoms with E-state index in [-0.39, 0.29) is 11.9 Å². The summed E-state index contributed by atoms with van der Waals surface area (Å²) in [5.41, 5.74) is 1.19. The molecule has 1 aliphatic rings. The Morgan fingerprint density at radius 1 is 1.04 bits per heavy atom. The molecule has 0 bridgehead atoms. The maximum absolute atomic E-state index is 11.0. The molecule has 7 heteroatoms. The van der Waals surface area contributed by atoms with Gasteiger partial charge in [0.05, 0.1) is 17.2 Å². The Hall–Kier alpha value is -2.64. The zero-order chi connectivity index (χ0) is 18.2. The van der Waals surface area contributed by atoms with Crippen molar-refractivity contribution in [2.75, 3.05) is 13.1 Å². The van der Waals surface area contributed by atoms with Crippen molar-refractivity contribution in [3.63, 3.8) is 0 Å². The molecule has 138 valence electrons. The third kappa shape index (κ3) is 2.93. The number of fused-ring (bicyclic) bond motifs is 1. The Kier molecular flexibility index (Phi) is 4.18. The first-order valence-electron chi connectivity index (χ1n) is 9.22. The monoisotopic (exact) mass is 380 g/mol. The molecule has 5 rings (SSSR count). The third-order valence-corrected chi connectivity index (χ3v) is 6.13. The minimum absolute atomic E-state index is 0.0204. The van der Waals surface area contributed by atoms with Gasteiger partial charge >= 0.3 is 0 Å². The molecule has 1 fully saturated rings. The van der Waals surface area contributed by atoms with Crippen LogP contribution in [-0.2, 0) is 0 Å². The van der Waals surface area contributed by atoms with Crippen LogP contribution >= 0.6 is 11.3 Å². The van der Waals surface area contributed by atoms with Crippen LogP contribution in [0.4, 0.5) is 0 Å². The van der Waals surface area contributed by atoms with Crippen molar-refractivity contribution in [3.8, 4) is 17.5 Å². The normalized spacial score (nSPS) is 16.7. The highest BCUT2D eigenvalue weighted by atomic mass is 32.1. The number of likely N-dealkylation sites (tertiary alicyclic amines) is 1. The van der Waals surface area contributed by atoms with Gasteiger partial charge < -0.3 is 9.52 Å². The van der Waals surface area contributed by atoms with Crippen molar-refractivity contribution < 1.29 is 9.52 Å². The number of aromatic nitrogens is 3. The number of hydrogen-bond donors (Lipinski definition) is 1. The molecule has 1 saturated heterocycles. The van der Waals surface area contributed by atoms with Gasteiger partial charge in [-0.15, -0.1) is 5.10 Å². The summed E-state index contributed by atoms with van der Waals surface area (Å²) in [6.45, 7) is 2.06. The molecule has 4 aromatic rings. The number of thiazole rings is 1. The molecule has 0 amide bonds. The second-order valence-corrected chi connectivity index (χ2v) is 7.82. The van der Waals surface area contributed by atoms with E-state index in [0.29, 0.717) is 16.5 Å². The molecule has 6 nitrogen and oxygen atoms in total. The first kappa shape index (κ1) is 16.5. The van der Waals surface area contributed by atoms with Crippen molar-refractivity contribution in [3.05, 3.63) is 59.2 Å². The second-order valence-electron chi connectivity index (χ2n) is 6.81. The zero-order valence-electron chi connectivity index (χ0n) is 14.8. The Morgan fingerprint density at radius 3 is 2.56 bits per heavy atom. The van der Waals surface area contributed by atoms with E-state index < -0.39 is 0 Å². The van der Waals surface area contributed by atoms with Gasteiger partial charge in [-0.2, -0.15) is 9.50 Å². The van der Waals surface area contributed by atoms with E-state index in [2.05, 4.69) is 39.2 Å². The van der Waals surface area contributed by atoms with E-state index in [0.717, 1.165) is 18.0 Å². The van der Waals surface area contributed by atoms with Crippen LogP contribution in [0.1, 0.15) is 35.7 Å². The zero-order valence-corrected chi connectivity index (χ0v) is 15.6. The van der Waals surface area contributed by atoms with E-state index in [1.165, 1.54) is 40.7 Å². The summed E-state index contributed by atoms with van der Waals surface area (Å²) in [5, 5.41) is 15.4. The van der Waals surface area contributed by atoms with Crippen molar-refractivity contribution in [2.24, 2.45) is 0 Å². The van der Waals surface area contributed by atoms with Crippen molar-refractivity contribution in [2.45, 2.75) is 25.3 Å². The molecule has 4 heterocycles. The minimum Gasteiger partial charge on any atom is -0.492 e. The predicted molar refractivity (Wildman–Crippen MR) is 104 cm³/mol. The molecular weight excluding hydrogens is 360 g/mol. The lowest BCUT2D eigenvalue weighted by Crippen LogP contribution is -2.34. The molecule has 0 saturated carbocycles. The van der Waals surface area contributed by atoms with Crippen molar-refractivity contribution >= 4 is 16.3 Å². The van der Waals surface area contributed by atoms with Crippen LogP contribution in [0.25, 0.3) is 16.5 Å². The average molecular weight is 380 g/mol. The van der Waals surface area contributed by atoms with E-state index in [1.54, 1.807) is 12.3 Å². The lowest BCUT2D eigenvalue weighted by molar-refractivity contribution is 0.186. The Bertz CT molecular complexity index is 1030. The SMILES string of the molecule is Oc1c(C(c2ccccc2)N2CCCCC2)sc2nc(-c3ccco3)nn12. The summed E-state index contributed by atoms with van der Waals surface area (Å²) >= 11 is 1.49. The molecule has 1 N–H and O–H groups in total. The predicted octanol–water partition coefficient (Wildman–Crippen LogP) is 4.33. The fraction of sp³-hybridized carbons (Fsp3) is 0.300. The number of aromatic hydroxyl groups is 1.